The Kier molecular flexibility index (Phi) is 3.14. The average molecular weight is 271 g/mol. The molecule has 1 aliphatic carbocycles. The van der Waals surface area contributed by atoms with Crippen LogP contribution in [0.1, 0.15) is 12.8 Å². The van der Waals surface area contributed by atoms with Gasteiger partial charge in [-0.05, 0) is 25.0 Å². The van der Waals surface area contributed by atoms with Gasteiger partial charge in [0.25, 0.3) is 0 Å². The predicted molar refractivity (Wildman–Crippen MR) is 73.2 cm³/mol. The Morgan fingerprint density at radius 1 is 1.55 bits per heavy atom. The van der Waals surface area contributed by atoms with Crippen LogP contribution in [0.5, 0.6) is 5.75 Å². The van der Waals surface area contributed by atoms with Crippen molar-refractivity contribution in [2.24, 2.45) is 13.0 Å². The molecular formula is C14H15N4O2. The summed E-state index contributed by atoms with van der Waals surface area (Å²) in [6, 6.07) is 6.56. The smallest absolute Gasteiger partial charge is 0.227 e. The lowest BCUT2D eigenvalue weighted by Gasteiger charge is -2.09. The minimum atomic E-state index is 0.0594. The number of anilines is 1. The zero-order valence-corrected chi connectivity index (χ0v) is 11.4. The highest BCUT2D eigenvalue weighted by atomic mass is 16.5. The summed E-state index contributed by atoms with van der Waals surface area (Å²) in [6.07, 6.45) is 3.57. The SMILES string of the molecule is COc1cc(NC(=O)C2CC2)c[c]c1-c1ncn(C)n1. The van der Waals surface area contributed by atoms with Crippen molar-refractivity contribution < 1.29 is 9.53 Å². The van der Waals surface area contributed by atoms with Gasteiger partial charge in [-0.15, -0.1) is 0 Å². The van der Waals surface area contributed by atoms with Crippen LogP contribution in [0.3, 0.4) is 0 Å². The second-order valence-corrected chi connectivity index (χ2v) is 4.84. The molecule has 2 aromatic rings. The zero-order chi connectivity index (χ0) is 14.1. The molecule has 0 bridgehead atoms. The first-order valence-electron chi connectivity index (χ1n) is 6.44. The van der Waals surface area contributed by atoms with Crippen LogP contribution in [-0.2, 0) is 11.8 Å². The molecule has 0 saturated heterocycles. The van der Waals surface area contributed by atoms with Crippen LogP contribution in [0.15, 0.2) is 18.5 Å². The molecule has 6 nitrogen and oxygen atoms in total. The quantitative estimate of drug-likeness (QED) is 0.917. The molecule has 0 aliphatic heterocycles. The second kappa shape index (κ2) is 4.96. The van der Waals surface area contributed by atoms with E-state index in [9.17, 15) is 4.79 Å². The van der Waals surface area contributed by atoms with Crippen molar-refractivity contribution in [2.75, 3.05) is 12.4 Å². The molecular weight excluding hydrogens is 256 g/mol. The molecule has 1 amide bonds. The number of aryl methyl sites for hydroxylation is 1. The highest BCUT2D eigenvalue weighted by Gasteiger charge is 2.29. The van der Waals surface area contributed by atoms with Crippen molar-refractivity contribution in [1.29, 1.82) is 0 Å². The summed E-state index contributed by atoms with van der Waals surface area (Å²) in [7, 11) is 3.37. The molecule has 1 radical (unpaired) electrons. The Bertz CT molecular complexity index is 646. The first-order chi connectivity index (χ1) is 9.67. The summed E-state index contributed by atoms with van der Waals surface area (Å²) in [6.45, 7) is 0. The van der Waals surface area contributed by atoms with E-state index in [0.717, 1.165) is 12.8 Å². The van der Waals surface area contributed by atoms with Gasteiger partial charge in [0.15, 0.2) is 5.82 Å². The van der Waals surface area contributed by atoms with Crippen molar-refractivity contribution in [3.05, 3.63) is 24.5 Å². The minimum Gasteiger partial charge on any atom is -0.496 e. The van der Waals surface area contributed by atoms with Crippen LogP contribution in [0, 0.1) is 12.0 Å². The molecule has 103 valence electrons. The van der Waals surface area contributed by atoms with Gasteiger partial charge in [0.1, 0.15) is 12.1 Å². The number of methoxy groups -OCH3 is 1. The third-order valence-electron chi connectivity index (χ3n) is 3.16. The molecule has 1 aliphatic rings. The molecule has 0 atom stereocenters. The highest BCUT2D eigenvalue weighted by molar-refractivity contribution is 5.94. The fourth-order valence-electron chi connectivity index (χ4n) is 1.93. The Morgan fingerprint density at radius 3 is 2.95 bits per heavy atom. The lowest BCUT2D eigenvalue weighted by atomic mass is 10.1. The summed E-state index contributed by atoms with van der Waals surface area (Å²) in [5, 5.41) is 7.09. The molecule has 3 rings (SSSR count). The number of carbonyl (C=O) groups is 1. The molecule has 0 unspecified atom stereocenters. The number of aromatic nitrogens is 3. The van der Waals surface area contributed by atoms with Crippen LogP contribution in [0.4, 0.5) is 5.69 Å². The van der Waals surface area contributed by atoms with Gasteiger partial charge in [0.05, 0.1) is 12.7 Å². The largest absolute Gasteiger partial charge is 0.496 e. The standard InChI is InChI=1S/C14H15N4O2/c1-18-8-15-13(17-18)11-6-5-10(7-12(11)20-2)16-14(19)9-3-4-9/h5,7-9H,3-4H2,1-2H3,(H,16,19). The number of hydrogen-bond donors (Lipinski definition) is 1. The van der Waals surface area contributed by atoms with E-state index in [0.29, 0.717) is 22.8 Å². The van der Waals surface area contributed by atoms with Crippen LogP contribution in [0.2, 0.25) is 0 Å². The lowest BCUT2D eigenvalue weighted by Crippen LogP contribution is -2.13. The van der Waals surface area contributed by atoms with E-state index in [1.807, 2.05) is 0 Å². The van der Waals surface area contributed by atoms with Gasteiger partial charge in [0.2, 0.25) is 5.91 Å². The minimum absolute atomic E-state index is 0.0594. The summed E-state index contributed by atoms with van der Waals surface area (Å²) in [4.78, 5) is 15.9. The Balaban J connectivity index is 1.87. The van der Waals surface area contributed by atoms with E-state index in [4.69, 9.17) is 4.74 Å². The predicted octanol–water partition coefficient (Wildman–Crippen LogP) is 1.64. The maximum Gasteiger partial charge on any atom is 0.227 e. The van der Waals surface area contributed by atoms with Gasteiger partial charge >= 0.3 is 0 Å². The maximum atomic E-state index is 11.7. The van der Waals surface area contributed by atoms with Gasteiger partial charge in [-0.25, -0.2) is 4.98 Å². The molecule has 1 aromatic carbocycles. The Labute approximate surface area is 116 Å². The summed E-state index contributed by atoms with van der Waals surface area (Å²) in [5.41, 5.74) is 1.36. The van der Waals surface area contributed by atoms with E-state index in [1.54, 1.807) is 37.3 Å². The van der Waals surface area contributed by atoms with Crippen LogP contribution < -0.4 is 10.1 Å². The third kappa shape index (κ3) is 2.49. The molecule has 1 aromatic heterocycles. The normalized spacial score (nSPS) is 14.1. The van der Waals surface area contributed by atoms with Crippen molar-refractivity contribution in [1.82, 2.24) is 14.8 Å². The van der Waals surface area contributed by atoms with Gasteiger partial charge in [-0.2, -0.15) is 5.10 Å². The van der Waals surface area contributed by atoms with E-state index in [2.05, 4.69) is 21.5 Å². The second-order valence-electron chi connectivity index (χ2n) is 4.84. The first kappa shape index (κ1) is 12.7. The molecule has 1 saturated carbocycles. The first-order valence-corrected chi connectivity index (χ1v) is 6.44. The third-order valence-corrected chi connectivity index (χ3v) is 3.16. The Morgan fingerprint density at radius 2 is 2.35 bits per heavy atom. The Hall–Kier alpha value is -2.37. The fourth-order valence-corrected chi connectivity index (χ4v) is 1.93. The van der Waals surface area contributed by atoms with E-state index in [-0.39, 0.29) is 11.8 Å². The number of ether oxygens (including phenoxy) is 1. The maximum absolute atomic E-state index is 11.7. The molecule has 20 heavy (non-hydrogen) atoms. The number of benzene rings is 1. The van der Waals surface area contributed by atoms with Crippen molar-refractivity contribution in [2.45, 2.75) is 12.8 Å². The topological polar surface area (TPSA) is 69.0 Å². The molecule has 1 fully saturated rings. The van der Waals surface area contributed by atoms with E-state index in [1.165, 1.54) is 0 Å². The van der Waals surface area contributed by atoms with E-state index >= 15 is 0 Å². The number of carbonyl (C=O) groups excluding carboxylic acids is 1. The van der Waals surface area contributed by atoms with Crippen LogP contribution in [0.25, 0.3) is 11.4 Å². The molecule has 0 spiro atoms. The van der Waals surface area contributed by atoms with Gasteiger partial charge in [-0.1, -0.05) is 0 Å². The molecule has 6 heteroatoms. The average Bonchev–Trinajstić information content (AvgIpc) is 3.21. The molecule has 1 heterocycles. The van der Waals surface area contributed by atoms with Gasteiger partial charge in [0, 0.05) is 24.7 Å². The van der Waals surface area contributed by atoms with Crippen LogP contribution >= 0.6 is 0 Å². The van der Waals surface area contributed by atoms with Crippen molar-refractivity contribution in [3.63, 3.8) is 0 Å². The number of rotatable bonds is 4. The van der Waals surface area contributed by atoms with Crippen molar-refractivity contribution >= 4 is 11.6 Å². The summed E-state index contributed by atoms with van der Waals surface area (Å²) >= 11 is 0. The van der Waals surface area contributed by atoms with Gasteiger partial charge in [-0.3, -0.25) is 9.48 Å². The number of amides is 1. The summed E-state index contributed by atoms with van der Waals surface area (Å²) < 4.78 is 6.95. The number of hydrogen-bond acceptors (Lipinski definition) is 4. The highest BCUT2D eigenvalue weighted by Crippen LogP contribution is 2.32. The summed E-state index contributed by atoms with van der Waals surface area (Å²) in [5.74, 6) is 1.36. The zero-order valence-electron chi connectivity index (χ0n) is 11.4. The molecule has 1 N–H and O–H groups in total. The number of nitrogens with one attached hydrogen (secondary N) is 1. The number of nitrogens with zero attached hydrogens (tertiary/aromatic N) is 3. The van der Waals surface area contributed by atoms with Gasteiger partial charge < -0.3 is 10.1 Å². The van der Waals surface area contributed by atoms with E-state index < -0.39 is 0 Å². The lowest BCUT2D eigenvalue weighted by molar-refractivity contribution is -0.117. The van der Waals surface area contributed by atoms with Crippen molar-refractivity contribution in [3.8, 4) is 17.1 Å². The monoisotopic (exact) mass is 271 g/mol. The fraction of sp³-hybridized carbons (Fsp3) is 0.357. The van der Waals surface area contributed by atoms with Crippen LogP contribution in [-0.4, -0.2) is 27.8 Å².